The van der Waals surface area contributed by atoms with Gasteiger partial charge in [-0.15, -0.1) is 0 Å². The molecule has 0 aromatic carbocycles. The molecule has 0 aliphatic carbocycles. The van der Waals surface area contributed by atoms with E-state index in [2.05, 4.69) is 6.26 Å². The Bertz CT molecular complexity index is 284. The minimum Gasteiger partial charge on any atom is -0.382 e. The minimum absolute atomic E-state index is 0.253. The highest BCUT2D eigenvalue weighted by molar-refractivity contribution is 8.76. The summed E-state index contributed by atoms with van der Waals surface area (Å²) in [7, 11) is 10.1. The van der Waals surface area contributed by atoms with Gasteiger partial charge in [-0.1, -0.05) is 21.6 Å². The van der Waals surface area contributed by atoms with E-state index in [0.29, 0.717) is 13.2 Å². The SMILES string of the molecule is COC[C@H]1O[C@@H](OCCCSSC)[C@H](OC)[C@@H](OC)[C@@H]1OC. The lowest BCUT2D eigenvalue weighted by Crippen LogP contribution is -2.61. The predicted molar refractivity (Wildman–Crippen MR) is 89.5 cm³/mol. The molecule has 0 spiro atoms. The summed E-state index contributed by atoms with van der Waals surface area (Å²) < 4.78 is 33.7. The molecule has 0 radical (unpaired) electrons. The van der Waals surface area contributed by atoms with Gasteiger partial charge in [0.2, 0.25) is 0 Å². The lowest BCUT2D eigenvalue weighted by Gasteiger charge is -2.44. The first kappa shape index (κ1) is 20.5. The molecule has 0 aromatic rings. The summed E-state index contributed by atoms with van der Waals surface area (Å²) in [5.74, 6) is 1.04. The van der Waals surface area contributed by atoms with Gasteiger partial charge in [0.05, 0.1) is 13.2 Å². The van der Waals surface area contributed by atoms with Crippen molar-refractivity contribution in [3.63, 3.8) is 0 Å². The largest absolute Gasteiger partial charge is 0.382 e. The van der Waals surface area contributed by atoms with Crippen molar-refractivity contribution in [1.82, 2.24) is 0 Å². The van der Waals surface area contributed by atoms with Crippen molar-refractivity contribution in [2.45, 2.75) is 37.1 Å². The molecular weight excluding hydrogens is 328 g/mol. The van der Waals surface area contributed by atoms with Gasteiger partial charge in [-0.05, 0) is 12.7 Å². The van der Waals surface area contributed by atoms with Crippen LogP contribution in [0.1, 0.15) is 6.42 Å². The van der Waals surface area contributed by atoms with E-state index in [1.165, 1.54) is 0 Å². The quantitative estimate of drug-likeness (QED) is 0.410. The maximum atomic E-state index is 5.98. The third-order valence-electron chi connectivity index (χ3n) is 3.51. The van der Waals surface area contributed by atoms with E-state index in [0.717, 1.165) is 12.2 Å². The van der Waals surface area contributed by atoms with Gasteiger partial charge in [-0.3, -0.25) is 0 Å². The van der Waals surface area contributed by atoms with Crippen LogP contribution in [0.15, 0.2) is 0 Å². The minimum atomic E-state index is -0.485. The van der Waals surface area contributed by atoms with Crippen LogP contribution in [0.2, 0.25) is 0 Å². The van der Waals surface area contributed by atoms with Crippen LogP contribution in [0.3, 0.4) is 0 Å². The van der Waals surface area contributed by atoms with Crippen LogP contribution in [0.4, 0.5) is 0 Å². The Labute approximate surface area is 141 Å². The first-order chi connectivity index (χ1) is 10.7. The molecule has 0 bridgehead atoms. The lowest BCUT2D eigenvalue weighted by molar-refractivity contribution is -0.313. The van der Waals surface area contributed by atoms with Gasteiger partial charge in [-0.2, -0.15) is 0 Å². The Hall–Kier alpha value is 0.460. The molecule has 1 heterocycles. The van der Waals surface area contributed by atoms with Gasteiger partial charge in [0.1, 0.15) is 24.4 Å². The highest BCUT2D eigenvalue weighted by atomic mass is 33.1. The molecule has 0 unspecified atom stereocenters. The summed E-state index contributed by atoms with van der Waals surface area (Å²) in [4.78, 5) is 0. The van der Waals surface area contributed by atoms with Crippen LogP contribution in [0.5, 0.6) is 0 Å². The predicted octanol–water partition coefficient (Wildman–Crippen LogP) is 1.82. The van der Waals surface area contributed by atoms with Crippen molar-refractivity contribution in [2.75, 3.05) is 53.7 Å². The molecule has 1 aliphatic rings. The molecule has 1 aliphatic heterocycles. The summed E-state index contributed by atoms with van der Waals surface area (Å²) in [5, 5.41) is 0. The van der Waals surface area contributed by atoms with E-state index in [1.807, 2.05) is 10.8 Å². The zero-order valence-corrected chi connectivity index (χ0v) is 15.6. The van der Waals surface area contributed by atoms with Crippen molar-refractivity contribution in [3.05, 3.63) is 0 Å². The monoisotopic (exact) mass is 356 g/mol. The first-order valence-electron chi connectivity index (χ1n) is 7.23. The second-order valence-corrected chi connectivity index (χ2v) is 7.50. The second-order valence-electron chi connectivity index (χ2n) is 4.81. The molecule has 8 heteroatoms. The molecule has 0 amide bonds. The standard InChI is InChI=1S/C14H28O6S2/c1-15-9-10-11(16-2)12(17-3)13(18-4)14(20-10)19-7-6-8-22-21-5/h10-14H,6-9H2,1-5H3/t10-,11-,12+,13-,14-/m1/s1. The van der Waals surface area contributed by atoms with Gasteiger partial charge in [0, 0.05) is 34.2 Å². The lowest BCUT2D eigenvalue weighted by atomic mass is 9.98. The summed E-state index contributed by atoms with van der Waals surface area (Å²) >= 11 is 0. The van der Waals surface area contributed by atoms with E-state index >= 15 is 0 Å². The fourth-order valence-electron chi connectivity index (χ4n) is 2.51. The van der Waals surface area contributed by atoms with Gasteiger partial charge in [0.25, 0.3) is 0 Å². The van der Waals surface area contributed by atoms with Crippen molar-refractivity contribution in [3.8, 4) is 0 Å². The second kappa shape index (κ2) is 11.9. The van der Waals surface area contributed by atoms with Crippen LogP contribution < -0.4 is 0 Å². The van der Waals surface area contributed by atoms with Crippen molar-refractivity contribution < 1.29 is 28.4 Å². The molecule has 1 fully saturated rings. The zero-order chi connectivity index (χ0) is 16.4. The van der Waals surface area contributed by atoms with E-state index < -0.39 is 6.29 Å². The molecule has 0 N–H and O–H groups in total. The maximum Gasteiger partial charge on any atom is 0.186 e. The molecule has 6 nitrogen and oxygen atoms in total. The van der Waals surface area contributed by atoms with Gasteiger partial charge in [0.15, 0.2) is 6.29 Å². The summed E-state index contributed by atoms with van der Waals surface area (Å²) in [6.07, 6.45) is 1.42. The zero-order valence-electron chi connectivity index (χ0n) is 14.0. The first-order valence-corrected chi connectivity index (χ1v) is 9.96. The van der Waals surface area contributed by atoms with Crippen molar-refractivity contribution in [1.29, 1.82) is 0 Å². The number of methoxy groups -OCH3 is 4. The van der Waals surface area contributed by atoms with E-state index in [4.69, 9.17) is 28.4 Å². The van der Waals surface area contributed by atoms with E-state index in [9.17, 15) is 0 Å². The third-order valence-corrected chi connectivity index (χ3v) is 5.41. The molecule has 132 valence electrons. The third kappa shape index (κ3) is 5.83. The van der Waals surface area contributed by atoms with Gasteiger partial charge in [-0.25, -0.2) is 0 Å². The Kier molecular flexibility index (Phi) is 11.1. The fraction of sp³-hybridized carbons (Fsp3) is 1.00. The topological polar surface area (TPSA) is 55.4 Å². The molecule has 0 saturated carbocycles. The number of hydrogen-bond donors (Lipinski definition) is 0. The molecule has 5 atom stereocenters. The number of hydrogen-bond acceptors (Lipinski definition) is 8. The normalized spacial score (nSPS) is 32.3. The number of rotatable bonds is 11. The van der Waals surface area contributed by atoms with Crippen molar-refractivity contribution in [2.24, 2.45) is 0 Å². The van der Waals surface area contributed by atoms with Crippen LogP contribution in [0, 0.1) is 0 Å². The van der Waals surface area contributed by atoms with Gasteiger partial charge >= 0.3 is 0 Å². The van der Waals surface area contributed by atoms with Crippen LogP contribution >= 0.6 is 21.6 Å². The average Bonchev–Trinajstić information content (AvgIpc) is 2.54. The molecule has 1 saturated heterocycles. The van der Waals surface area contributed by atoms with E-state index in [-0.39, 0.29) is 24.4 Å². The fourth-order valence-corrected chi connectivity index (χ4v) is 3.77. The summed E-state index contributed by atoms with van der Waals surface area (Å²) in [6.45, 7) is 1.03. The Morgan fingerprint density at radius 2 is 1.64 bits per heavy atom. The Morgan fingerprint density at radius 1 is 0.955 bits per heavy atom. The Balaban J connectivity index is 2.64. The smallest absolute Gasteiger partial charge is 0.186 e. The van der Waals surface area contributed by atoms with Crippen LogP contribution in [0.25, 0.3) is 0 Å². The summed E-state index contributed by atoms with van der Waals surface area (Å²) in [5.41, 5.74) is 0. The molecule has 1 rings (SSSR count). The van der Waals surface area contributed by atoms with Crippen LogP contribution in [-0.4, -0.2) is 84.4 Å². The highest BCUT2D eigenvalue weighted by Crippen LogP contribution is 2.28. The molecular formula is C14H28O6S2. The average molecular weight is 357 g/mol. The van der Waals surface area contributed by atoms with Gasteiger partial charge < -0.3 is 28.4 Å². The van der Waals surface area contributed by atoms with Crippen LogP contribution in [-0.2, 0) is 28.4 Å². The van der Waals surface area contributed by atoms with E-state index in [1.54, 1.807) is 39.2 Å². The molecule has 0 aromatic heterocycles. The Morgan fingerprint density at radius 3 is 2.18 bits per heavy atom. The highest BCUT2D eigenvalue weighted by Gasteiger charge is 2.47. The number of ether oxygens (including phenoxy) is 6. The maximum absolute atomic E-state index is 5.98. The summed E-state index contributed by atoms with van der Waals surface area (Å²) in [6, 6.07) is 0. The van der Waals surface area contributed by atoms with Crippen molar-refractivity contribution >= 4 is 21.6 Å². The molecule has 22 heavy (non-hydrogen) atoms.